The lowest BCUT2D eigenvalue weighted by atomic mass is 10.1. The Hall–Kier alpha value is -2.39. The molecule has 10 nitrogen and oxygen atoms in total. The largest absolute Gasteiger partial charge is 0.367 e. The third kappa shape index (κ3) is 5.24. The van der Waals surface area contributed by atoms with Gasteiger partial charge < -0.3 is 10.2 Å². The summed E-state index contributed by atoms with van der Waals surface area (Å²) in [5, 5.41) is 10.9. The molecule has 1 aromatic carbocycles. The van der Waals surface area contributed by atoms with Crippen molar-refractivity contribution < 1.29 is 17.2 Å². The second-order valence-electron chi connectivity index (χ2n) is 10.5. The van der Waals surface area contributed by atoms with Crippen molar-refractivity contribution in [3.63, 3.8) is 0 Å². The minimum atomic E-state index is -3.88. The molecule has 206 valence electrons. The molecule has 14 heteroatoms. The maximum atomic E-state index is 13.5. The van der Waals surface area contributed by atoms with Crippen molar-refractivity contribution in [1.82, 2.24) is 35.1 Å². The van der Waals surface area contributed by atoms with Crippen molar-refractivity contribution >= 4 is 38.0 Å². The molecule has 2 N–H and O–H groups in total. The summed E-state index contributed by atoms with van der Waals surface area (Å²) < 4.78 is 56.7. The van der Waals surface area contributed by atoms with Crippen LogP contribution in [0.1, 0.15) is 50.9 Å². The van der Waals surface area contributed by atoms with Crippen LogP contribution in [0.3, 0.4) is 0 Å². The Kier molecular flexibility index (Phi) is 7.14. The van der Waals surface area contributed by atoms with Crippen LogP contribution in [-0.2, 0) is 16.6 Å². The van der Waals surface area contributed by atoms with Crippen molar-refractivity contribution in [3.8, 4) is 10.7 Å². The van der Waals surface area contributed by atoms with Crippen molar-refractivity contribution in [3.05, 3.63) is 23.0 Å². The maximum Gasteiger partial charge on any atom is 0.291 e. The third-order valence-electron chi connectivity index (χ3n) is 7.36. The fourth-order valence-electron chi connectivity index (χ4n) is 4.72. The van der Waals surface area contributed by atoms with Gasteiger partial charge in [0.15, 0.2) is 10.0 Å². The molecule has 3 heterocycles. The number of aromatic nitrogens is 4. The summed E-state index contributed by atoms with van der Waals surface area (Å²) in [5.41, 5.74) is 1.03. The van der Waals surface area contributed by atoms with Crippen LogP contribution in [0, 0.1) is 0 Å². The molecule has 0 bridgehead atoms. The first-order valence-corrected chi connectivity index (χ1v) is 14.8. The third-order valence-corrected chi connectivity index (χ3v) is 9.91. The highest BCUT2D eigenvalue weighted by molar-refractivity contribution is 7.89. The Labute approximate surface area is 224 Å². The zero-order chi connectivity index (χ0) is 27.4. The van der Waals surface area contributed by atoms with E-state index in [1.807, 2.05) is 6.92 Å². The van der Waals surface area contributed by atoms with E-state index in [4.69, 9.17) is 4.98 Å². The van der Waals surface area contributed by atoms with E-state index in [1.165, 1.54) is 6.07 Å². The van der Waals surface area contributed by atoms with Gasteiger partial charge in [-0.05, 0) is 59.8 Å². The first kappa shape index (κ1) is 27.2. The van der Waals surface area contributed by atoms with E-state index in [1.54, 1.807) is 13.1 Å². The molecule has 2 aliphatic rings. The van der Waals surface area contributed by atoms with E-state index in [0.717, 1.165) is 24.2 Å². The Bertz CT molecular complexity index is 1450. The molecule has 38 heavy (non-hydrogen) atoms. The number of anilines is 1. The summed E-state index contributed by atoms with van der Waals surface area (Å²) in [6, 6.07) is 3.63. The molecule has 0 radical (unpaired) electrons. The molecule has 2 fully saturated rings. The normalized spacial score (nSPS) is 21.9. The van der Waals surface area contributed by atoms with Crippen molar-refractivity contribution in [2.75, 3.05) is 32.1 Å². The van der Waals surface area contributed by atoms with E-state index in [0.29, 0.717) is 42.0 Å². The number of hydrogen-bond donors (Lipinski definition) is 2. The van der Waals surface area contributed by atoms with Crippen molar-refractivity contribution in [2.24, 2.45) is 0 Å². The lowest BCUT2D eigenvalue weighted by Gasteiger charge is -2.43. The summed E-state index contributed by atoms with van der Waals surface area (Å²) >= 11 is 0.743. The predicted octanol–water partition coefficient (Wildman–Crippen LogP) is 3.16. The number of sulfonamides is 1. The monoisotopic (exact) mass is 566 g/mol. The van der Waals surface area contributed by atoms with Gasteiger partial charge in [-0.1, -0.05) is 11.3 Å². The summed E-state index contributed by atoms with van der Waals surface area (Å²) in [7, 11) is -0.0429. The van der Waals surface area contributed by atoms with E-state index < -0.39 is 27.0 Å². The number of alkyl halides is 2. The van der Waals surface area contributed by atoms with Gasteiger partial charge in [0.05, 0.1) is 22.6 Å². The van der Waals surface area contributed by atoms with Crippen LogP contribution < -0.4 is 14.9 Å². The molecule has 1 aliphatic heterocycles. The Morgan fingerprint density at radius 1 is 1.16 bits per heavy atom. The molecule has 1 aliphatic carbocycles. The molecule has 0 spiro atoms. The van der Waals surface area contributed by atoms with Gasteiger partial charge in [-0.2, -0.15) is 0 Å². The number of likely N-dealkylation sites (N-methyl/N-ethyl adjacent to an activating group) is 1. The zero-order valence-electron chi connectivity index (χ0n) is 22.0. The Morgan fingerprint density at radius 2 is 1.84 bits per heavy atom. The summed E-state index contributed by atoms with van der Waals surface area (Å²) in [5.74, 6) is 0.444. The minimum Gasteiger partial charge on any atom is -0.367 e. The lowest BCUT2D eigenvalue weighted by molar-refractivity contribution is 0.150. The smallest absolute Gasteiger partial charge is 0.291 e. The summed E-state index contributed by atoms with van der Waals surface area (Å²) in [4.78, 5) is 14.0. The van der Waals surface area contributed by atoms with Gasteiger partial charge in [0.2, 0.25) is 10.0 Å². The number of fused-ring (bicyclic) bond motifs is 1. The summed E-state index contributed by atoms with van der Waals surface area (Å²) in [6.45, 7) is 7.79. The van der Waals surface area contributed by atoms with Gasteiger partial charge in [-0.25, -0.2) is 31.9 Å². The predicted molar refractivity (Wildman–Crippen MR) is 143 cm³/mol. The van der Waals surface area contributed by atoms with Crippen LogP contribution in [0.2, 0.25) is 0 Å². The number of hydrogen-bond acceptors (Lipinski definition) is 10. The average molecular weight is 567 g/mol. The first-order chi connectivity index (χ1) is 17.9. The highest BCUT2D eigenvalue weighted by Gasteiger charge is 2.41. The number of rotatable bonds is 8. The highest BCUT2D eigenvalue weighted by atomic mass is 32.2. The van der Waals surface area contributed by atoms with E-state index >= 15 is 0 Å². The van der Waals surface area contributed by atoms with Gasteiger partial charge in [0.25, 0.3) is 6.43 Å². The molecule has 2 atom stereocenters. The number of halogens is 2. The molecule has 1 saturated carbocycles. The second kappa shape index (κ2) is 9.97. The Balaban J connectivity index is 1.76. The topological polar surface area (TPSA) is 116 Å². The fourth-order valence-corrected chi connectivity index (χ4v) is 6.94. The number of nitrogens with one attached hydrogen (secondary N) is 2. The van der Waals surface area contributed by atoms with E-state index in [2.05, 4.69) is 55.9 Å². The molecule has 3 aromatic rings. The van der Waals surface area contributed by atoms with Gasteiger partial charge >= 0.3 is 0 Å². The quantitative estimate of drug-likeness (QED) is 0.424. The molecule has 1 saturated heterocycles. The molecule has 0 unspecified atom stereocenters. The van der Waals surface area contributed by atoms with Gasteiger partial charge in [0.1, 0.15) is 11.5 Å². The molecule has 5 rings (SSSR count). The molecular weight excluding hydrogens is 534 g/mol. The van der Waals surface area contributed by atoms with Crippen LogP contribution in [0.5, 0.6) is 0 Å². The van der Waals surface area contributed by atoms with E-state index in [9.17, 15) is 17.2 Å². The average Bonchev–Trinajstić information content (AvgIpc) is 3.36. The maximum absolute atomic E-state index is 13.5. The van der Waals surface area contributed by atoms with Crippen LogP contribution >= 0.6 is 11.3 Å². The lowest BCUT2D eigenvalue weighted by Crippen LogP contribution is -2.55. The second-order valence-corrected chi connectivity index (χ2v) is 13.2. The standard InChI is InChI=1S/C24H32F2N8O2S2/c1-13-11-34(12-14(2)33(13)5)17-9-15(38(35,36)32-24(3)6-7-24)8-16-19(17)28-18(10-27-4)29-20(16)22-30-31-23(37-22)21(25)26/h8-9,13-14,21,27,32H,6-7,10-12H2,1-5H3/t13-,14-/m0/s1. The van der Waals surface area contributed by atoms with Crippen LogP contribution in [0.4, 0.5) is 14.5 Å². The highest BCUT2D eigenvalue weighted by Crippen LogP contribution is 2.40. The number of piperazine rings is 1. The Morgan fingerprint density at radius 3 is 2.42 bits per heavy atom. The molecule has 2 aromatic heterocycles. The SMILES string of the molecule is CNCc1nc(-c2nnc(C(F)F)s2)c2cc(S(=O)(=O)NC3(C)CC3)cc(N3C[C@H](C)N(C)[C@@H](C)C3)c2n1. The summed E-state index contributed by atoms with van der Waals surface area (Å²) in [6.07, 6.45) is -1.24. The number of benzene rings is 1. The van der Waals surface area contributed by atoms with Gasteiger partial charge in [-0.15, -0.1) is 10.2 Å². The molecular formula is C24H32F2N8O2S2. The van der Waals surface area contributed by atoms with Gasteiger partial charge in [0, 0.05) is 36.1 Å². The minimum absolute atomic E-state index is 0.0807. The first-order valence-electron chi connectivity index (χ1n) is 12.5. The van der Waals surface area contributed by atoms with E-state index in [-0.39, 0.29) is 27.7 Å². The van der Waals surface area contributed by atoms with Crippen LogP contribution in [0.15, 0.2) is 17.0 Å². The van der Waals surface area contributed by atoms with Crippen molar-refractivity contribution in [1.29, 1.82) is 0 Å². The van der Waals surface area contributed by atoms with Crippen LogP contribution in [0.25, 0.3) is 21.6 Å². The number of nitrogens with zero attached hydrogens (tertiary/aromatic N) is 6. The van der Waals surface area contributed by atoms with Crippen LogP contribution in [-0.4, -0.2) is 78.3 Å². The van der Waals surface area contributed by atoms with Gasteiger partial charge in [-0.3, -0.25) is 4.90 Å². The van der Waals surface area contributed by atoms with Crippen molar-refractivity contribution in [2.45, 2.75) is 69.1 Å². The molecule has 0 amide bonds. The zero-order valence-corrected chi connectivity index (χ0v) is 23.6. The fraction of sp³-hybridized carbons (Fsp3) is 0.583.